The van der Waals surface area contributed by atoms with E-state index in [-0.39, 0.29) is 6.61 Å². The summed E-state index contributed by atoms with van der Waals surface area (Å²) in [5.41, 5.74) is 1.06. The van der Waals surface area contributed by atoms with Crippen LogP contribution in [0.1, 0.15) is 16.9 Å². The number of thiophene rings is 1. The van der Waals surface area contributed by atoms with Gasteiger partial charge < -0.3 is 14.9 Å². The molecule has 0 aliphatic carbocycles. The molecule has 1 aromatic rings. The maximum absolute atomic E-state index is 8.66. The first kappa shape index (κ1) is 15.2. The molecule has 0 aliphatic rings. The van der Waals surface area contributed by atoms with Gasteiger partial charge in [0.05, 0.1) is 6.61 Å². The first-order valence-electron chi connectivity index (χ1n) is 6.12. The Kier molecular flexibility index (Phi) is 6.99. The minimum atomic E-state index is 0.136. The van der Waals surface area contributed by atoms with Crippen LogP contribution in [0.4, 0.5) is 0 Å². The van der Waals surface area contributed by atoms with Gasteiger partial charge in [0.1, 0.15) is 0 Å². The van der Waals surface area contributed by atoms with Gasteiger partial charge in [0.15, 0.2) is 0 Å². The van der Waals surface area contributed by atoms with E-state index in [1.54, 1.807) is 11.3 Å². The lowest BCUT2D eigenvalue weighted by Crippen LogP contribution is -2.28. The van der Waals surface area contributed by atoms with Crippen molar-refractivity contribution in [1.82, 2.24) is 9.80 Å². The Morgan fingerprint density at radius 1 is 1.28 bits per heavy atom. The van der Waals surface area contributed by atoms with Crippen LogP contribution in [0.25, 0.3) is 0 Å². The third-order valence-corrected chi connectivity index (χ3v) is 3.40. The van der Waals surface area contributed by atoms with Crippen LogP contribution in [0.5, 0.6) is 0 Å². The fourth-order valence-electron chi connectivity index (χ4n) is 1.47. The lowest BCUT2D eigenvalue weighted by atomic mass is 10.3. The molecule has 18 heavy (non-hydrogen) atoms. The number of rotatable bonds is 6. The van der Waals surface area contributed by atoms with Gasteiger partial charge >= 0.3 is 0 Å². The highest BCUT2D eigenvalue weighted by molar-refractivity contribution is 7.10. The van der Waals surface area contributed by atoms with Crippen LogP contribution in [0.3, 0.4) is 0 Å². The molecule has 1 heterocycles. The molecule has 0 unspecified atom stereocenters. The second kappa shape index (κ2) is 8.28. The number of hydrogen-bond acceptors (Lipinski definition) is 4. The molecule has 0 radical (unpaired) electrons. The van der Waals surface area contributed by atoms with Crippen LogP contribution in [-0.2, 0) is 6.54 Å². The highest BCUT2D eigenvalue weighted by Gasteiger charge is 2.03. The monoisotopic (exact) mass is 266 g/mol. The maximum atomic E-state index is 8.66. The lowest BCUT2D eigenvalue weighted by Gasteiger charge is -2.18. The molecule has 0 spiro atoms. The number of hydrogen-bond donors (Lipinski definition) is 1. The van der Waals surface area contributed by atoms with E-state index in [9.17, 15) is 0 Å². The maximum Gasteiger partial charge on any atom is 0.0540 e. The summed E-state index contributed by atoms with van der Waals surface area (Å²) >= 11 is 1.75. The zero-order valence-electron chi connectivity index (χ0n) is 11.4. The van der Waals surface area contributed by atoms with Gasteiger partial charge in [-0.2, -0.15) is 0 Å². The summed E-state index contributed by atoms with van der Waals surface area (Å²) in [5.74, 6) is 6.01. The molecule has 0 fully saturated rings. The molecule has 3 nitrogen and oxygen atoms in total. The average Bonchev–Trinajstić information content (AvgIpc) is 2.74. The SMILES string of the molecule is CN(C)CCN(C)Cc1cc(C#CCCO)cs1. The number of nitrogens with zero attached hydrogens (tertiary/aromatic N) is 2. The second-order valence-corrected chi connectivity index (χ2v) is 5.61. The van der Waals surface area contributed by atoms with Crippen molar-refractivity contribution in [2.24, 2.45) is 0 Å². The van der Waals surface area contributed by atoms with E-state index in [1.807, 2.05) is 0 Å². The summed E-state index contributed by atoms with van der Waals surface area (Å²) in [4.78, 5) is 5.84. The zero-order chi connectivity index (χ0) is 13.4. The van der Waals surface area contributed by atoms with E-state index in [2.05, 4.69) is 54.2 Å². The quantitative estimate of drug-likeness (QED) is 0.790. The zero-order valence-corrected chi connectivity index (χ0v) is 12.3. The topological polar surface area (TPSA) is 26.7 Å². The van der Waals surface area contributed by atoms with Gasteiger partial charge in [-0.1, -0.05) is 11.8 Å². The van der Waals surface area contributed by atoms with Crippen molar-refractivity contribution >= 4 is 11.3 Å². The molecule has 0 saturated carbocycles. The van der Waals surface area contributed by atoms with E-state index < -0.39 is 0 Å². The standard InChI is InChI=1S/C14H22N2OS/c1-15(2)7-8-16(3)11-14-10-13(12-18-14)6-4-5-9-17/h10,12,17H,5,7-9,11H2,1-3H3. The molecule has 1 aromatic heterocycles. The molecule has 1 rings (SSSR count). The Morgan fingerprint density at radius 2 is 2.06 bits per heavy atom. The molecule has 1 N–H and O–H groups in total. The Bertz CT molecular complexity index is 403. The summed E-state index contributed by atoms with van der Waals surface area (Å²) in [6.07, 6.45) is 0.550. The first-order valence-corrected chi connectivity index (χ1v) is 7.00. The van der Waals surface area contributed by atoms with Gasteiger partial charge in [0, 0.05) is 41.9 Å². The van der Waals surface area contributed by atoms with Crippen LogP contribution in [0.2, 0.25) is 0 Å². The molecule has 4 heteroatoms. The summed E-state index contributed by atoms with van der Waals surface area (Å²) in [6, 6.07) is 2.14. The molecular formula is C14H22N2OS. The molecule has 0 aliphatic heterocycles. The largest absolute Gasteiger partial charge is 0.395 e. The van der Waals surface area contributed by atoms with Crippen molar-refractivity contribution in [2.45, 2.75) is 13.0 Å². The Morgan fingerprint density at radius 3 is 2.72 bits per heavy atom. The van der Waals surface area contributed by atoms with Crippen LogP contribution < -0.4 is 0 Å². The van der Waals surface area contributed by atoms with Gasteiger partial charge in [-0.3, -0.25) is 0 Å². The Balaban J connectivity index is 2.41. The summed E-state index contributed by atoms with van der Waals surface area (Å²) in [5, 5.41) is 10.7. The number of aliphatic hydroxyl groups is 1. The number of aliphatic hydroxyl groups excluding tert-OH is 1. The molecule has 0 bridgehead atoms. The summed E-state index contributed by atoms with van der Waals surface area (Å²) in [6.45, 7) is 3.25. The van der Waals surface area contributed by atoms with Crippen LogP contribution >= 0.6 is 11.3 Å². The van der Waals surface area contributed by atoms with Crippen LogP contribution in [0.15, 0.2) is 11.4 Å². The van der Waals surface area contributed by atoms with Crippen LogP contribution in [-0.4, -0.2) is 55.7 Å². The van der Waals surface area contributed by atoms with Crippen molar-refractivity contribution < 1.29 is 5.11 Å². The number of likely N-dealkylation sites (N-methyl/N-ethyl adjacent to an activating group) is 2. The fraction of sp³-hybridized carbons (Fsp3) is 0.571. The van der Waals surface area contributed by atoms with Gasteiger partial charge in [-0.25, -0.2) is 0 Å². The normalized spacial score (nSPS) is 10.8. The highest BCUT2D eigenvalue weighted by atomic mass is 32.1. The van der Waals surface area contributed by atoms with E-state index in [0.29, 0.717) is 6.42 Å². The van der Waals surface area contributed by atoms with Crippen molar-refractivity contribution in [3.8, 4) is 11.8 Å². The van der Waals surface area contributed by atoms with Crippen LogP contribution in [0, 0.1) is 11.8 Å². The van der Waals surface area contributed by atoms with Gasteiger partial charge in [-0.15, -0.1) is 11.3 Å². The minimum Gasteiger partial charge on any atom is -0.395 e. The summed E-state index contributed by atoms with van der Waals surface area (Å²) in [7, 11) is 6.32. The van der Waals surface area contributed by atoms with Crippen molar-refractivity contribution in [3.05, 3.63) is 21.9 Å². The van der Waals surface area contributed by atoms with Gasteiger partial charge in [0.2, 0.25) is 0 Å². The van der Waals surface area contributed by atoms with E-state index in [0.717, 1.165) is 25.2 Å². The fourth-order valence-corrected chi connectivity index (χ4v) is 2.36. The van der Waals surface area contributed by atoms with Crippen molar-refractivity contribution in [2.75, 3.05) is 40.8 Å². The van der Waals surface area contributed by atoms with Crippen molar-refractivity contribution in [3.63, 3.8) is 0 Å². The first-order chi connectivity index (χ1) is 8.61. The van der Waals surface area contributed by atoms with Gasteiger partial charge in [0.25, 0.3) is 0 Å². The lowest BCUT2D eigenvalue weighted by molar-refractivity contribution is 0.278. The Labute approximate surface area is 114 Å². The molecule has 0 aromatic carbocycles. The molecule has 0 atom stereocenters. The smallest absolute Gasteiger partial charge is 0.0540 e. The minimum absolute atomic E-state index is 0.136. The molecular weight excluding hydrogens is 244 g/mol. The van der Waals surface area contributed by atoms with E-state index in [1.165, 1.54) is 4.88 Å². The summed E-state index contributed by atoms with van der Waals surface area (Å²) < 4.78 is 0. The molecule has 0 saturated heterocycles. The predicted octanol–water partition coefficient (Wildman–Crippen LogP) is 1.48. The predicted molar refractivity (Wildman–Crippen MR) is 77.8 cm³/mol. The molecule has 0 amide bonds. The van der Waals surface area contributed by atoms with Crippen molar-refractivity contribution in [1.29, 1.82) is 0 Å². The Hall–Kier alpha value is -0.860. The van der Waals surface area contributed by atoms with Gasteiger partial charge in [-0.05, 0) is 27.2 Å². The second-order valence-electron chi connectivity index (χ2n) is 4.62. The van der Waals surface area contributed by atoms with E-state index in [4.69, 9.17) is 5.11 Å². The molecule has 100 valence electrons. The average molecular weight is 266 g/mol. The highest BCUT2D eigenvalue weighted by Crippen LogP contribution is 2.15. The third-order valence-electron chi connectivity index (χ3n) is 2.48. The third kappa shape index (κ3) is 6.18. The van der Waals surface area contributed by atoms with E-state index >= 15 is 0 Å².